The zero-order chi connectivity index (χ0) is 15.5. The van der Waals surface area contributed by atoms with Gasteiger partial charge < -0.3 is 5.32 Å². The number of carbonyl (C=O) groups excluding carboxylic acids is 1. The molecule has 0 saturated heterocycles. The van der Waals surface area contributed by atoms with Gasteiger partial charge in [-0.1, -0.05) is 29.8 Å². The van der Waals surface area contributed by atoms with E-state index in [4.69, 9.17) is 0 Å². The van der Waals surface area contributed by atoms with Gasteiger partial charge in [0.1, 0.15) is 10.0 Å². The molecule has 0 aliphatic rings. The molecule has 0 bridgehead atoms. The Morgan fingerprint density at radius 3 is 2.59 bits per heavy atom. The van der Waals surface area contributed by atoms with Crippen LogP contribution < -0.4 is 5.32 Å². The molecule has 22 heavy (non-hydrogen) atoms. The van der Waals surface area contributed by atoms with E-state index >= 15 is 0 Å². The van der Waals surface area contributed by atoms with Gasteiger partial charge in [0.15, 0.2) is 0 Å². The normalized spacial score (nSPS) is 10.6. The molecule has 1 amide bonds. The first kappa shape index (κ1) is 14.9. The molecule has 2 heterocycles. The Bertz CT molecular complexity index is 787. The Morgan fingerprint density at radius 1 is 1.14 bits per heavy atom. The van der Waals surface area contributed by atoms with Gasteiger partial charge in [-0.15, -0.1) is 22.7 Å². The fourth-order valence-corrected chi connectivity index (χ4v) is 3.81. The quantitative estimate of drug-likeness (QED) is 0.756. The van der Waals surface area contributed by atoms with E-state index in [0.717, 1.165) is 26.8 Å². The topological polar surface area (TPSA) is 42.0 Å². The number of hydrogen-bond acceptors (Lipinski definition) is 4. The number of rotatable bonds is 4. The molecule has 1 N–H and O–H groups in total. The molecule has 2 aromatic heterocycles. The summed E-state index contributed by atoms with van der Waals surface area (Å²) in [5.74, 6) is 0.000770. The predicted molar refractivity (Wildman–Crippen MR) is 93.7 cm³/mol. The summed E-state index contributed by atoms with van der Waals surface area (Å²) in [6.07, 6.45) is 0.383. The molecule has 3 nitrogen and oxygen atoms in total. The Morgan fingerprint density at radius 2 is 1.91 bits per heavy atom. The number of carbonyl (C=O) groups is 1. The van der Waals surface area contributed by atoms with Crippen molar-refractivity contribution in [2.75, 3.05) is 5.32 Å². The number of thiophene rings is 1. The Balaban J connectivity index is 1.72. The van der Waals surface area contributed by atoms with Crippen LogP contribution in [-0.2, 0) is 11.2 Å². The maximum Gasteiger partial charge on any atom is 0.229 e. The monoisotopic (exact) mass is 328 g/mol. The minimum absolute atomic E-state index is 0.000770. The molecule has 0 atom stereocenters. The molecule has 3 rings (SSSR count). The van der Waals surface area contributed by atoms with E-state index in [9.17, 15) is 4.79 Å². The average molecular weight is 328 g/mol. The maximum absolute atomic E-state index is 12.2. The predicted octanol–water partition coefficient (Wildman–Crippen LogP) is 4.67. The van der Waals surface area contributed by atoms with Crippen molar-refractivity contribution in [3.05, 3.63) is 57.9 Å². The fourth-order valence-electron chi connectivity index (χ4n) is 2.11. The van der Waals surface area contributed by atoms with Crippen molar-refractivity contribution in [1.82, 2.24) is 4.98 Å². The van der Waals surface area contributed by atoms with Crippen LogP contribution in [0.25, 0.3) is 10.6 Å². The highest BCUT2D eigenvalue weighted by Crippen LogP contribution is 2.35. The van der Waals surface area contributed by atoms with Gasteiger partial charge in [-0.2, -0.15) is 0 Å². The summed E-state index contributed by atoms with van der Waals surface area (Å²) in [6.45, 7) is 4.01. The van der Waals surface area contributed by atoms with E-state index in [-0.39, 0.29) is 5.91 Å². The van der Waals surface area contributed by atoms with Crippen LogP contribution in [0.1, 0.15) is 16.8 Å². The van der Waals surface area contributed by atoms with Crippen LogP contribution >= 0.6 is 22.7 Å². The molecule has 0 aliphatic carbocycles. The number of aromatic nitrogens is 1. The van der Waals surface area contributed by atoms with Crippen LogP contribution in [0.5, 0.6) is 0 Å². The van der Waals surface area contributed by atoms with Gasteiger partial charge in [0, 0.05) is 16.6 Å². The zero-order valence-electron chi connectivity index (χ0n) is 12.4. The minimum Gasteiger partial charge on any atom is -0.317 e. The molecule has 0 aliphatic heterocycles. The lowest BCUT2D eigenvalue weighted by atomic mass is 10.1. The van der Waals surface area contributed by atoms with Crippen molar-refractivity contribution >= 4 is 33.6 Å². The van der Waals surface area contributed by atoms with Gasteiger partial charge in [0.05, 0.1) is 6.42 Å². The van der Waals surface area contributed by atoms with Crippen molar-refractivity contribution in [2.24, 2.45) is 0 Å². The number of thiazole rings is 1. The molecule has 0 fully saturated rings. The summed E-state index contributed by atoms with van der Waals surface area (Å²) in [4.78, 5) is 16.7. The molecule has 0 radical (unpaired) electrons. The Kier molecular flexibility index (Phi) is 4.36. The third kappa shape index (κ3) is 3.43. The molecule has 0 spiro atoms. The number of nitrogens with zero attached hydrogens (tertiary/aromatic N) is 1. The molecular weight excluding hydrogens is 312 g/mol. The second-order valence-corrected chi connectivity index (χ2v) is 6.94. The van der Waals surface area contributed by atoms with Crippen molar-refractivity contribution < 1.29 is 4.79 Å². The van der Waals surface area contributed by atoms with Crippen molar-refractivity contribution in [3.63, 3.8) is 0 Å². The van der Waals surface area contributed by atoms with E-state index in [1.165, 1.54) is 16.9 Å². The van der Waals surface area contributed by atoms with Gasteiger partial charge in [-0.25, -0.2) is 4.98 Å². The van der Waals surface area contributed by atoms with Crippen LogP contribution in [0.4, 0.5) is 5.00 Å². The van der Waals surface area contributed by atoms with Crippen LogP contribution in [0.2, 0.25) is 0 Å². The summed E-state index contributed by atoms with van der Waals surface area (Å²) in [7, 11) is 0. The first-order chi connectivity index (χ1) is 10.6. The fraction of sp³-hybridized carbons (Fsp3) is 0.176. The SMILES string of the molecule is Cc1ccc(CC(=O)Nc2sccc2-c2nc(C)cs2)cc1. The highest BCUT2D eigenvalue weighted by atomic mass is 32.1. The average Bonchev–Trinajstić information content (AvgIpc) is 3.10. The Labute approximate surface area is 137 Å². The highest BCUT2D eigenvalue weighted by Gasteiger charge is 2.13. The second kappa shape index (κ2) is 6.42. The van der Waals surface area contributed by atoms with E-state index in [1.807, 2.05) is 54.9 Å². The molecule has 3 aromatic rings. The van der Waals surface area contributed by atoms with Gasteiger partial charge >= 0.3 is 0 Å². The third-order valence-electron chi connectivity index (χ3n) is 3.25. The van der Waals surface area contributed by atoms with Crippen LogP contribution in [0.15, 0.2) is 41.1 Å². The third-order valence-corrected chi connectivity index (χ3v) is 5.08. The summed E-state index contributed by atoms with van der Waals surface area (Å²) >= 11 is 3.13. The molecule has 5 heteroatoms. The standard InChI is InChI=1S/C17H16N2OS2/c1-11-3-5-13(6-4-11)9-15(20)19-17-14(7-8-21-17)16-18-12(2)10-22-16/h3-8,10H,9H2,1-2H3,(H,19,20). The lowest BCUT2D eigenvalue weighted by molar-refractivity contribution is -0.115. The van der Waals surface area contributed by atoms with E-state index in [0.29, 0.717) is 6.42 Å². The maximum atomic E-state index is 12.2. The summed E-state index contributed by atoms with van der Waals surface area (Å²) in [6, 6.07) is 10.0. The van der Waals surface area contributed by atoms with Gasteiger partial charge in [-0.3, -0.25) is 4.79 Å². The first-order valence-corrected chi connectivity index (χ1v) is 8.73. The van der Waals surface area contributed by atoms with E-state index < -0.39 is 0 Å². The minimum atomic E-state index is 0.000770. The Hall–Kier alpha value is -1.98. The van der Waals surface area contributed by atoms with Crippen molar-refractivity contribution in [1.29, 1.82) is 0 Å². The number of amides is 1. The lowest BCUT2D eigenvalue weighted by Crippen LogP contribution is -2.14. The largest absolute Gasteiger partial charge is 0.317 e. The summed E-state index contributed by atoms with van der Waals surface area (Å²) in [5.41, 5.74) is 4.22. The number of benzene rings is 1. The summed E-state index contributed by atoms with van der Waals surface area (Å²) in [5, 5.41) is 8.82. The summed E-state index contributed by atoms with van der Waals surface area (Å²) < 4.78 is 0. The van der Waals surface area contributed by atoms with Gasteiger partial charge in [0.25, 0.3) is 0 Å². The van der Waals surface area contributed by atoms with Gasteiger partial charge in [-0.05, 0) is 30.9 Å². The van der Waals surface area contributed by atoms with Crippen molar-refractivity contribution in [3.8, 4) is 10.6 Å². The second-order valence-electron chi connectivity index (χ2n) is 5.17. The molecule has 0 unspecified atom stereocenters. The number of aryl methyl sites for hydroxylation is 2. The van der Waals surface area contributed by atoms with Gasteiger partial charge in [0.2, 0.25) is 5.91 Å². The number of nitrogens with one attached hydrogen (secondary N) is 1. The zero-order valence-corrected chi connectivity index (χ0v) is 14.1. The first-order valence-electron chi connectivity index (χ1n) is 6.97. The molecule has 1 aromatic carbocycles. The van der Waals surface area contributed by atoms with Crippen LogP contribution in [0, 0.1) is 13.8 Å². The van der Waals surface area contributed by atoms with Crippen molar-refractivity contribution in [2.45, 2.75) is 20.3 Å². The number of anilines is 1. The molecule has 0 saturated carbocycles. The molecular formula is C17H16N2OS2. The van der Waals surface area contributed by atoms with E-state index in [2.05, 4.69) is 10.3 Å². The lowest BCUT2D eigenvalue weighted by Gasteiger charge is -2.05. The molecule has 112 valence electrons. The highest BCUT2D eigenvalue weighted by molar-refractivity contribution is 7.17. The number of hydrogen-bond donors (Lipinski definition) is 1. The van der Waals surface area contributed by atoms with Crippen LogP contribution in [0.3, 0.4) is 0 Å². The van der Waals surface area contributed by atoms with Crippen LogP contribution in [-0.4, -0.2) is 10.9 Å². The smallest absolute Gasteiger partial charge is 0.229 e. The van der Waals surface area contributed by atoms with E-state index in [1.54, 1.807) is 11.3 Å².